The highest BCUT2D eigenvalue weighted by Gasteiger charge is 2.17. The van der Waals surface area contributed by atoms with Gasteiger partial charge in [0.15, 0.2) is 0 Å². The Morgan fingerprint density at radius 2 is 2.05 bits per heavy atom. The van der Waals surface area contributed by atoms with E-state index in [4.69, 9.17) is 16.3 Å². The molecule has 2 rings (SSSR count). The minimum Gasteiger partial charge on any atom is -0.496 e. The molecular weight excluding hydrogens is 274 g/mol. The van der Waals surface area contributed by atoms with Crippen molar-refractivity contribution in [1.29, 1.82) is 0 Å². The molecule has 0 radical (unpaired) electrons. The molecule has 0 amide bonds. The monoisotopic (exact) mass is 293 g/mol. The summed E-state index contributed by atoms with van der Waals surface area (Å²) in [4.78, 5) is 2.15. The van der Waals surface area contributed by atoms with Crippen molar-refractivity contribution in [1.82, 2.24) is 9.78 Å². The van der Waals surface area contributed by atoms with Gasteiger partial charge < -0.3 is 9.64 Å². The Hall–Kier alpha value is -1.68. The second-order valence-corrected chi connectivity index (χ2v) is 5.08. The normalized spacial score (nSPS) is 10.7. The van der Waals surface area contributed by atoms with Crippen molar-refractivity contribution in [3.8, 4) is 5.75 Å². The molecule has 0 unspecified atom stereocenters. The van der Waals surface area contributed by atoms with Gasteiger partial charge >= 0.3 is 0 Å². The number of nitrogens with zero attached hydrogens (tertiary/aromatic N) is 3. The number of ether oxygens (including phenoxy) is 1. The first kappa shape index (κ1) is 14.7. The van der Waals surface area contributed by atoms with Crippen LogP contribution in [0.1, 0.15) is 16.8 Å². The maximum Gasteiger partial charge on any atom is 0.131 e. The quantitative estimate of drug-likeness (QED) is 0.794. The van der Waals surface area contributed by atoms with Gasteiger partial charge in [0.25, 0.3) is 0 Å². The third-order valence-corrected chi connectivity index (χ3v) is 3.68. The van der Waals surface area contributed by atoms with Crippen LogP contribution in [0.5, 0.6) is 5.75 Å². The van der Waals surface area contributed by atoms with Crippen LogP contribution >= 0.6 is 11.6 Å². The number of hydrogen-bond donors (Lipinski definition) is 0. The van der Waals surface area contributed by atoms with E-state index in [2.05, 4.69) is 16.1 Å². The molecule has 5 heteroatoms. The van der Waals surface area contributed by atoms with Crippen LogP contribution in [0.25, 0.3) is 0 Å². The molecule has 1 heterocycles. The van der Waals surface area contributed by atoms with Gasteiger partial charge in [-0.2, -0.15) is 5.10 Å². The summed E-state index contributed by atoms with van der Waals surface area (Å²) < 4.78 is 7.28. The summed E-state index contributed by atoms with van der Waals surface area (Å²) in [5.41, 5.74) is 3.19. The number of methoxy groups -OCH3 is 1. The van der Waals surface area contributed by atoms with Crippen molar-refractivity contribution in [2.45, 2.75) is 19.3 Å². The van der Waals surface area contributed by atoms with E-state index in [9.17, 15) is 0 Å². The van der Waals surface area contributed by atoms with Crippen molar-refractivity contribution < 1.29 is 4.74 Å². The topological polar surface area (TPSA) is 30.3 Å². The SMILES string of the molecule is COc1ccccc1CN(C)c1c(CCl)c(C)nn1C. The van der Waals surface area contributed by atoms with E-state index in [-0.39, 0.29) is 0 Å². The van der Waals surface area contributed by atoms with Crippen molar-refractivity contribution in [2.75, 3.05) is 19.1 Å². The number of para-hydroxylation sites is 1. The zero-order chi connectivity index (χ0) is 14.7. The van der Waals surface area contributed by atoms with Crippen molar-refractivity contribution >= 4 is 17.4 Å². The van der Waals surface area contributed by atoms with E-state index in [1.807, 2.05) is 43.9 Å². The summed E-state index contributed by atoms with van der Waals surface area (Å²) in [5.74, 6) is 2.40. The Morgan fingerprint density at radius 1 is 1.35 bits per heavy atom. The molecule has 1 aromatic carbocycles. The average molecular weight is 294 g/mol. The number of benzene rings is 1. The molecule has 0 spiro atoms. The molecule has 0 atom stereocenters. The van der Waals surface area contributed by atoms with Crippen LogP contribution in [-0.2, 0) is 19.5 Å². The minimum absolute atomic E-state index is 0.464. The first-order chi connectivity index (χ1) is 9.58. The van der Waals surface area contributed by atoms with E-state index < -0.39 is 0 Å². The van der Waals surface area contributed by atoms with Crippen molar-refractivity contribution in [3.05, 3.63) is 41.1 Å². The highest BCUT2D eigenvalue weighted by Crippen LogP contribution is 2.27. The van der Waals surface area contributed by atoms with Crippen LogP contribution in [-0.4, -0.2) is 23.9 Å². The lowest BCUT2D eigenvalue weighted by molar-refractivity contribution is 0.409. The molecule has 0 saturated carbocycles. The molecule has 0 aliphatic rings. The highest BCUT2D eigenvalue weighted by atomic mass is 35.5. The van der Waals surface area contributed by atoms with Crippen LogP contribution in [0.15, 0.2) is 24.3 Å². The molecule has 0 aliphatic carbocycles. The van der Waals surface area contributed by atoms with Gasteiger partial charge in [0.1, 0.15) is 11.6 Å². The van der Waals surface area contributed by atoms with Crippen LogP contribution in [0.4, 0.5) is 5.82 Å². The Morgan fingerprint density at radius 3 is 2.70 bits per heavy atom. The van der Waals surface area contributed by atoms with Crippen LogP contribution < -0.4 is 9.64 Å². The number of rotatable bonds is 5. The van der Waals surface area contributed by atoms with Gasteiger partial charge in [0, 0.05) is 31.8 Å². The molecule has 2 aromatic rings. The van der Waals surface area contributed by atoms with E-state index in [0.29, 0.717) is 5.88 Å². The average Bonchev–Trinajstić information content (AvgIpc) is 2.73. The third-order valence-electron chi connectivity index (χ3n) is 3.41. The lowest BCUT2D eigenvalue weighted by Crippen LogP contribution is -2.21. The summed E-state index contributed by atoms with van der Waals surface area (Å²) in [6.07, 6.45) is 0. The number of hydrogen-bond acceptors (Lipinski definition) is 3. The number of alkyl halides is 1. The van der Waals surface area contributed by atoms with Crippen LogP contribution in [0, 0.1) is 6.92 Å². The largest absolute Gasteiger partial charge is 0.496 e. The molecule has 0 aliphatic heterocycles. The zero-order valence-corrected chi connectivity index (χ0v) is 13.1. The number of anilines is 1. The number of aromatic nitrogens is 2. The number of halogens is 1. The molecular formula is C15H20ClN3O. The Balaban J connectivity index is 2.31. The molecule has 0 saturated heterocycles. The fourth-order valence-electron chi connectivity index (χ4n) is 2.49. The molecule has 4 nitrogen and oxygen atoms in total. The van der Waals surface area contributed by atoms with Crippen molar-refractivity contribution in [3.63, 3.8) is 0 Å². The lowest BCUT2D eigenvalue weighted by Gasteiger charge is -2.22. The Labute approximate surface area is 124 Å². The Bertz CT molecular complexity index is 595. The van der Waals surface area contributed by atoms with Gasteiger partial charge in [-0.1, -0.05) is 18.2 Å². The minimum atomic E-state index is 0.464. The summed E-state index contributed by atoms with van der Waals surface area (Å²) >= 11 is 6.05. The van der Waals surface area contributed by atoms with E-state index in [1.54, 1.807) is 7.11 Å². The fourth-order valence-corrected chi connectivity index (χ4v) is 2.80. The first-order valence-corrected chi connectivity index (χ1v) is 7.03. The van der Waals surface area contributed by atoms with Crippen LogP contribution in [0.3, 0.4) is 0 Å². The first-order valence-electron chi connectivity index (χ1n) is 6.50. The molecule has 1 aromatic heterocycles. The van der Waals surface area contributed by atoms with E-state index in [1.165, 1.54) is 0 Å². The molecule has 108 valence electrons. The van der Waals surface area contributed by atoms with Gasteiger partial charge in [-0.15, -0.1) is 11.6 Å². The van der Waals surface area contributed by atoms with Gasteiger partial charge in [0.2, 0.25) is 0 Å². The van der Waals surface area contributed by atoms with Crippen molar-refractivity contribution in [2.24, 2.45) is 7.05 Å². The summed E-state index contributed by atoms with van der Waals surface area (Å²) in [5, 5.41) is 4.45. The summed E-state index contributed by atoms with van der Waals surface area (Å²) in [6.45, 7) is 2.73. The molecule has 0 N–H and O–H groups in total. The predicted molar refractivity (Wildman–Crippen MR) is 82.6 cm³/mol. The zero-order valence-electron chi connectivity index (χ0n) is 12.4. The maximum atomic E-state index is 6.05. The Kier molecular flexibility index (Phi) is 4.55. The fraction of sp³-hybridized carbons (Fsp3) is 0.400. The van der Waals surface area contributed by atoms with Gasteiger partial charge in [-0.3, -0.25) is 4.68 Å². The second-order valence-electron chi connectivity index (χ2n) is 4.81. The number of aryl methyl sites for hydroxylation is 2. The lowest BCUT2D eigenvalue weighted by atomic mass is 10.2. The van der Waals surface area contributed by atoms with Gasteiger partial charge in [0.05, 0.1) is 18.7 Å². The highest BCUT2D eigenvalue weighted by molar-refractivity contribution is 6.17. The van der Waals surface area contributed by atoms with Gasteiger partial charge in [-0.05, 0) is 13.0 Å². The molecule has 0 bridgehead atoms. The smallest absolute Gasteiger partial charge is 0.131 e. The van der Waals surface area contributed by atoms with E-state index >= 15 is 0 Å². The third kappa shape index (κ3) is 2.75. The second kappa shape index (κ2) is 6.18. The standard InChI is InChI=1S/C15H20ClN3O/c1-11-13(9-16)15(19(3)17-11)18(2)10-12-7-5-6-8-14(12)20-4/h5-8H,9-10H2,1-4H3. The van der Waals surface area contributed by atoms with Gasteiger partial charge in [-0.25, -0.2) is 0 Å². The molecule has 0 fully saturated rings. The van der Waals surface area contributed by atoms with E-state index in [0.717, 1.165) is 34.9 Å². The molecule has 20 heavy (non-hydrogen) atoms. The summed E-state index contributed by atoms with van der Waals surface area (Å²) in [7, 11) is 5.67. The van der Waals surface area contributed by atoms with Crippen LogP contribution in [0.2, 0.25) is 0 Å². The predicted octanol–water partition coefficient (Wildman–Crippen LogP) is 3.11. The summed E-state index contributed by atoms with van der Waals surface area (Å²) in [6, 6.07) is 8.03. The maximum absolute atomic E-state index is 6.05.